The molecule has 0 radical (unpaired) electrons. The molecule has 0 aromatic heterocycles. The molecule has 4 heteroatoms. The molecule has 32 heavy (non-hydrogen) atoms. The lowest BCUT2D eigenvalue weighted by Gasteiger charge is -2.64. The third-order valence-corrected chi connectivity index (χ3v) is 26.1. The molecule has 0 aromatic carbocycles. The van der Waals surface area contributed by atoms with Crippen molar-refractivity contribution in [1.82, 2.24) is 9.13 Å². The van der Waals surface area contributed by atoms with Crippen LogP contribution < -0.4 is 0 Å². The molecule has 1 saturated heterocycles. The molecule has 1 rings (SSSR count). The molecule has 1 aliphatic rings. The molecule has 0 aromatic rings. The van der Waals surface area contributed by atoms with Crippen LogP contribution in [-0.4, -0.2) is 51.8 Å². The van der Waals surface area contributed by atoms with Crippen molar-refractivity contribution in [2.75, 3.05) is 26.2 Å². The van der Waals surface area contributed by atoms with E-state index in [-0.39, 0.29) is 0 Å². The Hall–Kier alpha value is 0.354. The second-order valence-electron chi connectivity index (χ2n) is 14.0. The topological polar surface area (TPSA) is 6.48 Å². The smallest absolute Gasteiger partial charge is 0.139 e. The van der Waals surface area contributed by atoms with E-state index in [0.717, 1.165) is 34.0 Å². The molecular weight excluding hydrogens is 420 g/mol. The Morgan fingerprint density at radius 1 is 0.438 bits per heavy atom. The van der Waals surface area contributed by atoms with Gasteiger partial charge < -0.3 is 9.13 Å². The van der Waals surface area contributed by atoms with Gasteiger partial charge in [0, 0.05) is 26.2 Å². The maximum absolute atomic E-state index is 3.08. The lowest BCUT2D eigenvalue weighted by Crippen LogP contribution is -2.73. The van der Waals surface area contributed by atoms with Gasteiger partial charge in [0.05, 0.1) is 0 Å². The highest BCUT2D eigenvalue weighted by atomic mass is 28.3. The molecule has 1 aliphatic heterocycles. The summed E-state index contributed by atoms with van der Waals surface area (Å²) in [6.45, 7) is 45.8. The van der Waals surface area contributed by atoms with Crippen LogP contribution in [0.25, 0.3) is 0 Å². The van der Waals surface area contributed by atoms with Gasteiger partial charge in [0.1, 0.15) is 16.5 Å². The first-order valence-corrected chi connectivity index (χ1v) is 18.1. The van der Waals surface area contributed by atoms with Crippen LogP contribution in [0.15, 0.2) is 0 Å². The molecular formula is C28H62N2Si2. The third kappa shape index (κ3) is 4.49. The van der Waals surface area contributed by atoms with Crippen LogP contribution in [0.3, 0.4) is 0 Å². The largest absolute Gasteiger partial charge is 0.320 e. The molecule has 0 amide bonds. The van der Waals surface area contributed by atoms with Gasteiger partial charge in [0.25, 0.3) is 0 Å². The second kappa shape index (κ2) is 10.5. The summed E-state index contributed by atoms with van der Waals surface area (Å²) in [7, 11) is -3.46. The van der Waals surface area contributed by atoms with Crippen LogP contribution in [0.4, 0.5) is 0 Å². The molecule has 0 atom stereocenters. The van der Waals surface area contributed by atoms with Gasteiger partial charge in [-0.05, 0) is 44.1 Å². The highest BCUT2D eigenvalue weighted by Gasteiger charge is 2.60. The fourth-order valence-electron chi connectivity index (χ4n) is 8.96. The average Bonchev–Trinajstić information content (AvgIpc) is 2.61. The Morgan fingerprint density at radius 3 is 0.750 bits per heavy atom. The Labute approximate surface area is 206 Å². The Kier molecular flexibility index (Phi) is 10.0. The molecule has 0 spiro atoms. The molecule has 192 valence electrons. The van der Waals surface area contributed by atoms with Gasteiger partial charge >= 0.3 is 0 Å². The normalized spacial score (nSPS) is 18.9. The van der Waals surface area contributed by atoms with Crippen LogP contribution in [0, 0.1) is 11.8 Å². The lowest BCUT2D eigenvalue weighted by molar-refractivity contribution is 0.218. The first-order chi connectivity index (χ1) is 14.4. The molecule has 0 aliphatic carbocycles. The summed E-state index contributed by atoms with van der Waals surface area (Å²) in [6, 6.07) is 0. The van der Waals surface area contributed by atoms with Crippen LogP contribution in [0.1, 0.15) is 111 Å². The van der Waals surface area contributed by atoms with Crippen molar-refractivity contribution in [2.45, 2.75) is 143 Å². The van der Waals surface area contributed by atoms with E-state index in [4.69, 9.17) is 0 Å². The van der Waals surface area contributed by atoms with E-state index in [0.29, 0.717) is 10.1 Å². The van der Waals surface area contributed by atoms with Crippen LogP contribution in [-0.2, 0) is 0 Å². The Morgan fingerprint density at radius 2 is 0.625 bits per heavy atom. The summed E-state index contributed by atoms with van der Waals surface area (Å²) in [4.78, 5) is 0. The number of piperazine rings is 1. The third-order valence-electron chi connectivity index (χ3n) is 10.8. The van der Waals surface area contributed by atoms with Gasteiger partial charge in [0.15, 0.2) is 0 Å². The second-order valence-corrected chi connectivity index (χ2v) is 25.8. The minimum atomic E-state index is -1.73. The summed E-state index contributed by atoms with van der Waals surface area (Å²) < 4.78 is 6.17. The number of nitrogens with zero attached hydrogens (tertiary/aromatic N) is 2. The van der Waals surface area contributed by atoms with E-state index in [1.165, 1.54) is 26.2 Å². The van der Waals surface area contributed by atoms with E-state index in [9.17, 15) is 0 Å². The molecule has 1 heterocycles. The van der Waals surface area contributed by atoms with Crippen LogP contribution in [0.2, 0.25) is 32.2 Å². The minimum absolute atomic E-state index is 0.402. The van der Waals surface area contributed by atoms with Gasteiger partial charge in [0.2, 0.25) is 0 Å². The molecule has 0 bridgehead atoms. The van der Waals surface area contributed by atoms with E-state index in [1.807, 2.05) is 0 Å². The van der Waals surface area contributed by atoms with E-state index < -0.39 is 16.5 Å². The van der Waals surface area contributed by atoms with Gasteiger partial charge in [-0.15, -0.1) is 0 Å². The van der Waals surface area contributed by atoms with E-state index in [2.05, 4.69) is 120 Å². The molecule has 1 fully saturated rings. The summed E-state index contributed by atoms with van der Waals surface area (Å²) in [5, 5.41) is 0.804. The first kappa shape index (κ1) is 30.4. The minimum Gasteiger partial charge on any atom is -0.320 e. The van der Waals surface area contributed by atoms with Crippen LogP contribution in [0.5, 0.6) is 0 Å². The Bertz CT molecular complexity index is 514. The van der Waals surface area contributed by atoms with Gasteiger partial charge in [-0.1, -0.05) is 111 Å². The fourth-order valence-corrected chi connectivity index (χ4v) is 25.9. The quantitative estimate of drug-likeness (QED) is 0.286. The van der Waals surface area contributed by atoms with E-state index >= 15 is 0 Å². The number of hydrogen-bond acceptors (Lipinski definition) is 2. The van der Waals surface area contributed by atoms with Crippen molar-refractivity contribution in [3.05, 3.63) is 0 Å². The lowest BCUT2D eigenvalue weighted by atomic mass is 9.99. The highest BCUT2D eigenvalue weighted by Crippen LogP contribution is 2.58. The van der Waals surface area contributed by atoms with Crippen molar-refractivity contribution in [3.63, 3.8) is 0 Å². The Balaban J connectivity index is 3.47. The summed E-state index contributed by atoms with van der Waals surface area (Å²) in [5.74, 6) is 1.44. The number of rotatable bonds is 10. The van der Waals surface area contributed by atoms with Gasteiger partial charge in [-0.3, -0.25) is 0 Å². The predicted molar refractivity (Wildman–Crippen MR) is 153 cm³/mol. The first-order valence-electron chi connectivity index (χ1n) is 13.9. The predicted octanol–water partition coefficient (Wildman–Crippen LogP) is 9.01. The fraction of sp³-hybridized carbons (Fsp3) is 1.00. The van der Waals surface area contributed by atoms with Crippen molar-refractivity contribution in [3.8, 4) is 0 Å². The average molecular weight is 483 g/mol. The van der Waals surface area contributed by atoms with Crippen molar-refractivity contribution in [2.24, 2.45) is 11.8 Å². The van der Waals surface area contributed by atoms with Gasteiger partial charge in [-0.25, -0.2) is 0 Å². The van der Waals surface area contributed by atoms with Crippen molar-refractivity contribution >= 4 is 16.5 Å². The van der Waals surface area contributed by atoms with Crippen molar-refractivity contribution in [1.29, 1.82) is 0 Å². The summed E-state index contributed by atoms with van der Waals surface area (Å²) in [6.07, 6.45) is 0. The summed E-state index contributed by atoms with van der Waals surface area (Å²) in [5.41, 5.74) is 3.10. The molecule has 0 unspecified atom stereocenters. The van der Waals surface area contributed by atoms with Crippen molar-refractivity contribution < 1.29 is 0 Å². The van der Waals surface area contributed by atoms with Crippen LogP contribution >= 0.6 is 0 Å². The zero-order valence-electron chi connectivity index (χ0n) is 25.2. The molecule has 0 N–H and O–H groups in total. The van der Waals surface area contributed by atoms with E-state index in [1.54, 1.807) is 0 Å². The highest BCUT2D eigenvalue weighted by molar-refractivity contribution is 6.83. The maximum Gasteiger partial charge on any atom is 0.139 e. The monoisotopic (exact) mass is 482 g/mol. The maximum atomic E-state index is 3.08. The summed E-state index contributed by atoms with van der Waals surface area (Å²) >= 11 is 0. The standard InChI is InChI=1S/C28H62N2Si2/c1-21(2)27(13,14)31(23(5)6,24(7)8)29-17-19-30(20-18-29)32(25(9)10,26(11)12)28(15,16)22(3)4/h21-26H,17-20H2,1-16H3. The van der Waals surface area contributed by atoms with Gasteiger partial charge in [-0.2, -0.15) is 0 Å². The molecule has 2 nitrogen and oxygen atoms in total. The SMILES string of the molecule is CC(C)C(C)(C)[Si](C(C)C)(C(C)C)N1CCN([Si](C(C)C)(C(C)C)C(C)(C)C(C)C)CC1. The zero-order valence-corrected chi connectivity index (χ0v) is 27.2. The zero-order chi connectivity index (χ0) is 25.4. The molecule has 0 saturated carbocycles. The number of hydrogen-bond donors (Lipinski definition) is 0.